The number of ether oxygens (including phenoxy) is 1. The van der Waals surface area contributed by atoms with Gasteiger partial charge in [-0.2, -0.15) is 0 Å². The summed E-state index contributed by atoms with van der Waals surface area (Å²) in [5.74, 6) is 0.370. The molecule has 1 aromatic carbocycles. The first-order chi connectivity index (χ1) is 12.0. The summed E-state index contributed by atoms with van der Waals surface area (Å²) in [6, 6.07) is 4.07. The van der Waals surface area contributed by atoms with Gasteiger partial charge in [0.15, 0.2) is 0 Å². The van der Waals surface area contributed by atoms with E-state index in [2.05, 4.69) is 5.32 Å². The van der Waals surface area contributed by atoms with Crippen LogP contribution < -0.4 is 5.32 Å². The van der Waals surface area contributed by atoms with Crippen molar-refractivity contribution in [3.05, 3.63) is 35.3 Å². The van der Waals surface area contributed by atoms with Gasteiger partial charge >= 0.3 is 6.03 Å². The summed E-state index contributed by atoms with van der Waals surface area (Å²) in [4.78, 5) is 14.3. The molecule has 0 unspecified atom stereocenters. The second-order valence-electron chi connectivity index (χ2n) is 6.54. The number of nitrogens with one attached hydrogen (secondary N) is 1. The van der Waals surface area contributed by atoms with Crippen LogP contribution in [0, 0.1) is 12.7 Å². The highest BCUT2D eigenvalue weighted by Crippen LogP contribution is 2.30. The van der Waals surface area contributed by atoms with Crippen LogP contribution in [0.1, 0.15) is 44.1 Å². The Hall–Kier alpha value is -2.08. The lowest BCUT2D eigenvalue weighted by atomic mass is 10.1. The first-order valence-corrected chi connectivity index (χ1v) is 8.85. The van der Waals surface area contributed by atoms with E-state index in [0.717, 1.165) is 23.8 Å². The number of carbonyl (C=O) groups excluding carboxylic acids is 1. The van der Waals surface area contributed by atoms with Gasteiger partial charge in [0, 0.05) is 30.6 Å². The lowest BCUT2D eigenvalue weighted by Crippen LogP contribution is -2.46. The monoisotopic (exact) mass is 348 g/mol. The molecule has 1 aliphatic rings. The van der Waals surface area contributed by atoms with Crippen molar-refractivity contribution in [2.75, 3.05) is 19.7 Å². The van der Waals surface area contributed by atoms with Gasteiger partial charge in [-0.25, -0.2) is 9.18 Å². The van der Waals surface area contributed by atoms with Crippen molar-refractivity contribution in [3.63, 3.8) is 0 Å². The van der Waals surface area contributed by atoms with Gasteiger partial charge in [-0.05, 0) is 51.8 Å². The molecule has 3 rings (SSSR count). The van der Waals surface area contributed by atoms with Crippen LogP contribution in [-0.2, 0) is 4.74 Å². The summed E-state index contributed by atoms with van der Waals surface area (Å²) in [6.45, 7) is 7.84. The number of halogens is 1. The van der Waals surface area contributed by atoms with Crippen molar-refractivity contribution >= 4 is 17.0 Å². The first kappa shape index (κ1) is 17.7. The number of benzene rings is 1. The number of rotatable bonds is 4. The van der Waals surface area contributed by atoms with E-state index in [-0.39, 0.29) is 24.0 Å². The van der Waals surface area contributed by atoms with Crippen LogP contribution in [-0.4, -0.2) is 36.7 Å². The maximum atomic E-state index is 13.4. The quantitative estimate of drug-likeness (QED) is 0.903. The molecule has 1 aromatic heterocycles. The molecule has 1 N–H and O–H groups in total. The van der Waals surface area contributed by atoms with Gasteiger partial charge in [0.05, 0.1) is 12.1 Å². The molecule has 136 valence electrons. The number of hydrogen-bond donors (Lipinski definition) is 1. The zero-order valence-corrected chi connectivity index (χ0v) is 15.0. The molecule has 1 atom stereocenters. The second kappa shape index (κ2) is 7.44. The Morgan fingerprint density at radius 2 is 2.16 bits per heavy atom. The molecule has 1 aliphatic heterocycles. The minimum absolute atomic E-state index is 0.103. The van der Waals surface area contributed by atoms with Crippen LogP contribution in [0.15, 0.2) is 22.6 Å². The largest absolute Gasteiger partial charge is 0.459 e. The maximum Gasteiger partial charge on any atom is 0.317 e. The zero-order valence-electron chi connectivity index (χ0n) is 15.0. The van der Waals surface area contributed by atoms with E-state index in [1.54, 1.807) is 6.07 Å². The molecular weight excluding hydrogens is 323 g/mol. The number of amides is 2. The van der Waals surface area contributed by atoms with Gasteiger partial charge in [0.1, 0.15) is 17.2 Å². The molecule has 0 radical (unpaired) electrons. The highest BCUT2D eigenvalue weighted by molar-refractivity contribution is 5.82. The predicted octanol–water partition coefficient (Wildman–Crippen LogP) is 4.15. The van der Waals surface area contributed by atoms with Crippen LogP contribution in [0.4, 0.5) is 9.18 Å². The minimum atomic E-state index is -0.295. The summed E-state index contributed by atoms with van der Waals surface area (Å²) in [6.07, 6.45) is 1.97. The molecule has 5 nitrogen and oxygen atoms in total. The lowest BCUT2D eigenvalue weighted by Gasteiger charge is -2.32. The summed E-state index contributed by atoms with van der Waals surface area (Å²) >= 11 is 0. The fourth-order valence-electron chi connectivity index (χ4n) is 3.43. The number of fused-ring (bicyclic) bond motifs is 1. The Morgan fingerprint density at radius 1 is 1.44 bits per heavy atom. The van der Waals surface area contributed by atoms with Crippen LogP contribution in [0.3, 0.4) is 0 Å². The Labute approximate surface area is 147 Å². The number of hydrogen-bond acceptors (Lipinski definition) is 3. The molecule has 0 spiro atoms. The minimum Gasteiger partial charge on any atom is -0.459 e. The van der Waals surface area contributed by atoms with Crippen molar-refractivity contribution in [2.24, 2.45) is 0 Å². The van der Waals surface area contributed by atoms with Crippen LogP contribution in [0.5, 0.6) is 0 Å². The number of aryl methyl sites for hydroxylation is 1. The molecule has 1 fully saturated rings. The van der Waals surface area contributed by atoms with E-state index < -0.39 is 0 Å². The van der Waals surface area contributed by atoms with E-state index in [1.807, 2.05) is 25.7 Å². The lowest BCUT2D eigenvalue weighted by molar-refractivity contribution is 0.0218. The number of likely N-dealkylation sites (tertiary alicyclic amines) is 1. The van der Waals surface area contributed by atoms with E-state index in [4.69, 9.17) is 9.15 Å². The number of piperidine rings is 1. The predicted molar refractivity (Wildman–Crippen MR) is 94.1 cm³/mol. The molecule has 6 heteroatoms. The number of nitrogens with zero attached hydrogens (tertiary/aromatic N) is 1. The van der Waals surface area contributed by atoms with Crippen molar-refractivity contribution in [1.29, 1.82) is 0 Å². The van der Waals surface area contributed by atoms with Gasteiger partial charge in [0.25, 0.3) is 0 Å². The maximum absolute atomic E-state index is 13.4. The summed E-state index contributed by atoms with van der Waals surface area (Å²) in [5.41, 5.74) is 1.49. The van der Waals surface area contributed by atoms with E-state index >= 15 is 0 Å². The molecular formula is C19H25FN2O3. The third kappa shape index (κ3) is 3.79. The standard InChI is InChI=1S/C19H25FN2O3/c1-4-24-15-7-9-22(10-8-15)19(23)21-13(3)18-12(2)16-11-14(20)5-6-17(16)25-18/h5-6,11,13,15H,4,7-10H2,1-3H3,(H,21,23)/t13-/m1/s1. The molecule has 1 saturated heterocycles. The van der Waals surface area contributed by atoms with Crippen LogP contribution in [0.2, 0.25) is 0 Å². The molecule has 25 heavy (non-hydrogen) atoms. The SMILES string of the molecule is CCOC1CCN(C(=O)N[C@H](C)c2oc3ccc(F)cc3c2C)CC1. The van der Waals surface area contributed by atoms with Crippen molar-refractivity contribution in [1.82, 2.24) is 10.2 Å². The number of carbonyl (C=O) groups is 1. The van der Waals surface area contributed by atoms with Gasteiger partial charge in [-0.3, -0.25) is 0 Å². The van der Waals surface area contributed by atoms with Crippen molar-refractivity contribution < 1.29 is 18.3 Å². The Morgan fingerprint density at radius 3 is 2.84 bits per heavy atom. The van der Waals surface area contributed by atoms with Crippen molar-refractivity contribution in [3.8, 4) is 0 Å². The van der Waals surface area contributed by atoms with E-state index in [9.17, 15) is 9.18 Å². The number of furan rings is 1. The summed E-state index contributed by atoms with van der Waals surface area (Å²) in [5, 5.41) is 3.73. The zero-order chi connectivity index (χ0) is 18.0. The van der Waals surface area contributed by atoms with Crippen LogP contribution in [0.25, 0.3) is 11.0 Å². The first-order valence-electron chi connectivity index (χ1n) is 8.85. The average Bonchev–Trinajstić information content (AvgIpc) is 2.92. The Kier molecular flexibility index (Phi) is 5.27. The van der Waals surface area contributed by atoms with Gasteiger partial charge < -0.3 is 19.4 Å². The number of urea groups is 1. The molecule has 0 aliphatic carbocycles. The molecule has 2 aromatic rings. The van der Waals surface area contributed by atoms with E-state index in [1.165, 1.54) is 12.1 Å². The van der Waals surface area contributed by atoms with Gasteiger partial charge in [-0.1, -0.05) is 0 Å². The molecule has 2 heterocycles. The highest BCUT2D eigenvalue weighted by atomic mass is 19.1. The fraction of sp³-hybridized carbons (Fsp3) is 0.526. The van der Waals surface area contributed by atoms with Gasteiger partial charge in [0.2, 0.25) is 0 Å². The van der Waals surface area contributed by atoms with Crippen LogP contribution >= 0.6 is 0 Å². The molecule has 0 bridgehead atoms. The average molecular weight is 348 g/mol. The highest BCUT2D eigenvalue weighted by Gasteiger charge is 2.25. The Bertz CT molecular complexity index is 750. The molecule has 2 amide bonds. The fourth-order valence-corrected chi connectivity index (χ4v) is 3.43. The topological polar surface area (TPSA) is 54.7 Å². The van der Waals surface area contributed by atoms with Gasteiger partial charge in [-0.15, -0.1) is 0 Å². The van der Waals surface area contributed by atoms with Crippen molar-refractivity contribution in [2.45, 2.75) is 45.8 Å². The molecule has 0 saturated carbocycles. The smallest absolute Gasteiger partial charge is 0.317 e. The second-order valence-corrected chi connectivity index (χ2v) is 6.54. The summed E-state index contributed by atoms with van der Waals surface area (Å²) < 4.78 is 24.9. The summed E-state index contributed by atoms with van der Waals surface area (Å²) in [7, 11) is 0. The third-order valence-corrected chi connectivity index (χ3v) is 4.80. The normalized spacial score (nSPS) is 17.0. The van der Waals surface area contributed by atoms with E-state index in [0.29, 0.717) is 31.0 Å². The Balaban J connectivity index is 1.65. The third-order valence-electron chi connectivity index (χ3n) is 4.80.